The highest BCUT2D eigenvalue weighted by Crippen LogP contribution is 2.16. The first-order valence-corrected chi connectivity index (χ1v) is 7.29. The topological polar surface area (TPSA) is 76.0 Å². The predicted octanol–water partition coefficient (Wildman–Crippen LogP) is 1.25. The van der Waals surface area contributed by atoms with Crippen molar-refractivity contribution in [2.75, 3.05) is 13.2 Å². The maximum atomic E-state index is 11.8. The van der Waals surface area contributed by atoms with Crippen LogP contribution in [0.1, 0.15) is 33.6 Å². The number of carbonyl (C=O) groups excluding carboxylic acids is 1. The lowest BCUT2D eigenvalue weighted by Gasteiger charge is -2.21. The zero-order valence-electron chi connectivity index (χ0n) is 10.8. The molecule has 1 rings (SSSR count). The first kappa shape index (κ1) is 14.7. The molecule has 0 aromatic rings. The van der Waals surface area contributed by atoms with Crippen LogP contribution in [-0.2, 0) is 19.7 Å². The highest BCUT2D eigenvalue weighted by Gasteiger charge is 2.27. The fourth-order valence-corrected chi connectivity index (χ4v) is 2.53. The molecular formula is C11H18N2O4S. The van der Waals surface area contributed by atoms with Gasteiger partial charge >= 0.3 is 16.2 Å². The molecule has 0 N–H and O–H groups in total. The second-order valence-electron chi connectivity index (χ2n) is 3.89. The van der Waals surface area contributed by atoms with Crippen LogP contribution >= 0.6 is 0 Å². The molecule has 0 bridgehead atoms. The molecule has 0 saturated heterocycles. The van der Waals surface area contributed by atoms with E-state index in [-0.39, 0.29) is 17.8 Å². The number of rotatable bonds is 5. The number of hydrogen-bond acceptors (Lipinski definition) is 4. The van der Waals surface area contributed by atoms with Crippen LogP contribution in [-0.4, -0.2) is 37.6 Å². The van der Waals surface area contributed by atoms with E-state index in [1.165, 1.54) is 13.1 Å². The van der Waals surface area contributed by atoms with Gasteiger partial charge in [0.1, 0.15) is 0 Å². The molecule has 0 amide bonds. The maximum Gasteiger partial charge on any atom is 0.344 e. The predicted molar refractivity (Wildman–Crippen MR) is 68.4 cm³/mol. The molecule has 0 unspecified atom stereocenters. The molecule has 1 aliphatic rings. The quantitative estimate of drug-likeness (QED) is 0.558. The van der Waals surface area contributed by atoms with Gasteiger partial charge in [0.25, 0.3) is 0 Å². The highest BCUT2D eigenvalue weighted by atomic mass is 32.2. The number of nitrogens with zero attached hydrogens (tertiary/aromatic N) is 2. The third-order valence-electron chi connectivity index (χ3n) is 2.47. The number of hydrogen-bond donors (Lipinski definition) is 0. The van der Waals surface area contributed by atoms with E-state index >= 15 is 0 Å². The van der Waals surface area contributed by atoms with Gasteiger partial charge in [0, 0.05) is 12.7 Å². The molecule has 1 heterocycles. The molecule has 0 fully saturated rings. The van der Waals surface area contributed by atoms with E-state index in [0.717, 1.165) is 17.1 Å². The molecule has 7 heteroatoms. The third kappa shape index (κ3) is 3.32. The van der Waals surface area contributed by atoms with Crippen LogP contribution in [0, 0.1) is 0 Å². The summed E-state index contributed by atoms with van der Waals surface area (Å²) in [5.74, 6) is -0.530. The Morgan fingerprint density at radius 3 is 2.67 bits per heavy atom. The molecule has 0 atom stereocenters. The van der Waals surface area contributed by atoms with Crippen molar-refractivity contribution < 1.29 is 17.9 Å². The van der Waals surface area contributed by atoms with Gasteiger partial charge in [0.15, 0.2) is 0 Å². The van der Waals surface area contributed by atoms with Crippen molar-refractivity contribution in [1.82, 2.24) is 4.31 Å². The Bertz CT molecular complexity index is 479. The fraction of sp³-hybridized carbons (Fsp3) is 0.636. The summed E-state index contributed by atoms with van der Waals surface area (Å²) >= 11 is 0. The van der Waals surface area contributed by atoms with Crippen molar-refractivity contribution in [2.45, 2.75) is 33.6 Å². The van der Waals surface area contributed by atoms with Crippen LogP contribution in [0.3, 0.4) is 0 Å². The molecule has 0 aromatic carbocycles. The zero-order valence-corrected chi connectivity index (χ0v) is 11.7. The molecular weight excluding hydrogens is 256 g/mol. The average Bonchev–Trinajstić information content (AvgIpc) is 2.28. The van der Waals surface area contributed by atoms with Crippen molar-refractivity contribution in [3.8, 4) is 0 Å². The minimum Gasteiger partial charge on any atom is -0.462 e. The van der Waals surface area contributed by atoms with Crippen LogP contribution in [0.15, 0.2) is 16.2 Å². The van der Waals surface area contributed by atoms with Crippen LogP contribution in [0.4, 0.5) is 0 Å². The zero-order chi connectivity index (χ0) is 13.8. The van der Waals surface area contributed by atoms with E-state index in [9.17, 15) is 13.2 Å². The van der Waals surface area contributed by atoms with Crippen molar-refractivity contribution in [3.05, 3.63) is 11.8 Å². The number of unbranched alkanes of at least 4 members (excludes halogenated alkanes) is 1. The third-order valence-corrected chi connectivity index (χ3v) is 3.94. The lowest BCUT2D eigenvalue weighted by molar-refractivity contribution is -0.138. The SMILES string of the molecule is CCCCOC(=O)C1=CN(CC)S(=O)(=O)N=C1C. The normalized spacial score (nSPS) is 18.1. The lowest BCUT2D eigenvalue weighted by Crippen LogP contribution is -2.31. The van der Waals surface area contributed by atoms with Crippen molar-refractivity contribution in [1.29, 1.82) is 0 Å². The number of carbonyl (C=O) groups is 1. The largest absolute Gasteiger partial charge is 0.462 e. The van der Waals surface area contributed by atoms with Crippen LogP contribution in [0.5, 0.6) is 0 Å². The van der Waals surface area contributed by atoms with E-state index < -0.39 is 16.2 Å². The molecule has 102 valence electrons. The molecule has 6 nitrogen and oxygen atoms in total. The minimum absolute atomic E-state index is 0.168. The highest BCUT2D eigenvalue weighted by molar-refractivity contribution is 7.88. The summed E-state index contributed by atoms with van der Waals surface area (Å²) < 4.78 is 32.8. The molecule has 0 saturated carbocycles. The Kier molecular flexibility index (Phi) is 4.89. The summed E-state index contributed by atoms with van der Waals surface area (Å²) in [7, 11) is -3.68. The molecule has 0 aliphatic carbocycles. The molecule has 1 aliphatic heterocycles. The summed E-state index contributed by atoms with van der Waals surface area (Å²) in [6.07, 6.45) is 2.99. The van der Waals surface area contributed by atoms with E-state index in [0.29, 0.717) is 6.61 Å². The summed E-state index contributed by atoms with van der Waals surface area (Å²) in [5.41, 5.74) is 0.365. The lowest BCUT2D eigenvalue weighted by atomic mass is 10.2. The second-order valence-corrected chi connectivity index (χ2v) is 5.44. The Morgan fingerprint density at radius 2 is 2.11 bits per heavy atom. The van der Waals surface area contributed by atoms with E-state index in [1.807, 2.05) is 6.92 Å². The Morgan fingerprint density at radius 1 is 1.44 bits per heavy atom. The Hall–Kier alpha value is -1.37. The second kappa shape index (κ2) is 5.99. The summed E-state index contributed by atoms with van der Waals surface area (Å²) in [5, 5.41) is 0. The van der Waals surface area contributed by atoms with E-state index in [2.05, 4.69) is 4.40 Å². The maximum absolute atomic E-state index is 11.8. The summed E-state index contributed by atoms with van der Waals surface area (Å²) in [4.78, 5) is 11.8. The Balaban J connectivity index is 2.86. The average molecular weight is 274 g/mol. The number of esters is 1. The smallest absolute Gasteiger partial charge is 0.344 e. The fourth-order valence-electron chi connectivity index (χ4n) is 1.42. The van der Waals surface area contributed by atoms with Gasteiger partial charge in [-0.25, -0.2) is 4.79 Å². The first-order chi connectivity index (χ1) is 8.42. The summed E-state index contributed by atoms with van der Waals surface area (Å²) in [6.45, 7) is 5.71. The van der Waals surface area contributed by atoms with E-state index in [4.69, 9.17) is 4.74 Å². The van der Waals surface area contributed by atoms with Crippen LogP contribution in [0.25, 0.3) is 0 Å². The number of ether oxygens (including phenoxy) is 1. The van der Waals surface area contributed by atoms with Gasteiger partial charge in [-0.05, 0) is 20.3 Å². The van der Waals surface area contributed by atoms with E-state index in [1.54, 1.807) is 6.92 Å². The van der Waals surface area contributed by atoms with Crippen molar-refractivity contribution in [2.24, 2.45) is 4.40 Å². The Labute approximate surface area is 108 Å². The molecule has 18 heavy (non-hydrogen) atoms. The summed E-state index contributed by atoms with van der Waals surface area (Å²) in [6, 6.07) is 0. The minimum atomic E-state index is -3.68. The first-order valence-electron chi connectivity index (χ1n) is 5.90. The van der Waals surface area contributed by atoms with Gasteiger partial charge in [0.2, 0.25) is 0 Å². The standard InChI is InChI=1S/C11H18N2O4S/c1-4-6-7-17-11(14)10-8-13(5-2)18(15,16)12-9(10)3/h8H,4-7H2,1-3H3. The van der Waals surface area contributed by atoms with Gasteiger partial charge in [-0.2, -0.15) is 8.42 Å². The monoisotopic (exact) mass is 274 g/mol. The van der Waals surface area contributed by atoms with Crippen molar-refractivity contribution in [3.63, 3.8) is 0 Å². The van der Waals surface area contributed by atoms with Gasteiger partial charge < -0.3 is 4.74 Å². The molecule has 0 aromatic heterocycles. The van der Waals surface area contributed by atoms with Crippen LogP contribution in [0.2, 0.25) is 0 Å². The van der Waals surface area contributed by atoms with Crippen LogP contribution < -0.4 is 0 Å². The van der Waals surface area contributed by atoms with Gasteiger partial charge in [-0.15, -0.1) is 4.40 Å². The van der Waals surface area contributed by atoms with Gasteiger partial charge in [0.05, 0.1) is 17.9 Å². The molecule has 0 radical (unpaired) electrons. The molecule has 0 spiro atoms. The van der Waals surface area contributed by atoms with Crippen molar-refractivity contribution >= 4 is 21.9 Å². The van der Waals surface area contributed by atoms with Gasteiger partial charge in [-0.1, -0.05) is 13.3 Å². The van der Waals surface area contributed by atoms with Gasteiger partial charge in [-0.3, -0.25) is 4.31 Å².